The van der Waals surface area contributed by atoms with Gasteiger partial charge in [-0.05, 0) is 50.4 Å². The second-order valence-electron chi connectivity index (χ2n) is 7.56. The molecule has 1 fully saturated rings. The van der Waals surface area contributed by atoms with Gasteiger partial charge in [0, 0.05) is 50.0 Å². The van der Waals surface area contributed by atoms with E-state index in [1.165, 1.54) is 31.2 Å². The van der Waals surface area contributed by atoms with E-state index < -0.39 is 23.6 Å². The molecule has 0 spiro atoms. The van der Waals surface area contributed by atoms with Crippen LogP contribution < -0.4 is 15.5 Å². The summed E-state index contributed by atoms with van der Waals surface area (Å²) in [6.45, 7) is 6.43. The Labute approximate surface area is 174 Å². The number of piperazine rings is 1. The molecule has 1 aliphatic rings. The highest BCUT2D eigenvalue weighted by molar-refractivity contribution is 5.97. The molecule has 6 nitrogen and oxygen atoms in total. The van der Waals surface area contributed by atoms with Crippen molar-refractivity contribution in [2.75, 3.05) is 43.4 Å². The number of carbonyl (C=O) groups excluding carboxylic acids is 2. The average molecular weight is 416 g/mol. The number of amides is 2. The van der Waals surface area contributed by atoms with Gasteiger partial charge in [0.1, 0.15) is 11.6 Å². The van der Waals surface area contributed by atoms with Crippen LogP contribution in [0.1, 0.15) is 35.8 Å². The minimum absolute atomic E-state index is 0.189. The number of carbonyl (C=O) groups is 2. The zero-order chi connectivity index (χ0) is 21.8. The monoisotopic (exact) mass is 416 g/mol. The van der Waals surface area contributed by atoms with Crippen molar-refractivity contribution in [2.24, 2.45) is 0 Å². The summed E-state index contributed by atoms with van der Waals surface area (Å²) < 4.78 is 28.2. The normalized spacial score (nSPS) is 15.6. The highest BCUT2D eigenvalue weighted by Crippen LogP contribution is 2.29. The van der Waals surface area contributed by atoms with Gasteiger partial charge >= 0.3 is 0 Å². The Bertz CT molecular complexity index is 943. The van der Waals surface area contributed by atoms with E-state index in [0.717, 1.165) is 37.9 Å². The molecule has 2 aromatic rings. The van der Waals surface area contributed by atoms with E-state index in [9.17, 15) is 18.4 Å². The van der Waals surface area contributed by atoms with Crippen LogP contribution in [0, 0.1) is 11.6 Å². The van der Waals surface area contributed by atoms with Crippen molar-refractivity contribution in [1.29, 1.82) is 0 Å². The maximum absolute atomic E-state index is 14.2. The number of nitrogens with zero attached hydrogens (tertiary/aromatic N) is 2. The second-order valence-corrected chi connectivity index (χ2v) is 7.56. The number of hydrogen-bond donors (Lipinski definition) is 2. The van der Waals surface area contributed by atoms with E-state index in [-0.39, 0.29) is 11.5 Å². The van der Waals surface area contributed by atoms with Crippen LogP contribution in [0.25, 0.3) is 0 Å². The number of likely N-dealkylation sites (N-methyl/N-ethyl adjacent to an activating group) is 1. The Morgan fingerprint density at radius 2 is 1.73 bits per heavy atom. The quantitative estimate of drug-likeness (QED) is 0.786. The van der Waals surface area contributed by atoms with Gasteiger partial charge in [0.15, 0.2) is 0 Å². The molecule has 0 bridgehead atoms. The zero-order valence-electron chi connectivity index (χ0n) is 17.3. The Kier molecular flexibility index (Phi) is 6.66. The van der Waals surface area contributed by atoms with E-state index in [1.807, 2.05) is 0 Å². The van der Waals surface area contributed by atoms with Gasteiger partial charge in [0.2, 0.25) is 5.91 Å². The van der Waals surface area contributed by atoms with Crippen LogP contribution in [-0.2, 0) is 4.79 Å². The van der Waals surface area contributed by atoms with Crippen LogP contribution in [0.5, 0.6) is 0 Å². The van der Waals surface area contributed by atoms with Crippen molar-refractivity contribution in [3.8, 4) is 0 Å². The summed E-state index contributed by atoms with van der Waals surface area (Å²) in [6.07, 6.45) is 0. The number of benzene rings is 2. The predicted octanol–water partition coefficient (Wildman–Crippen LogP) is 3.17. The summed E-state index contributed by atoms with van der Waals surface area (Å²) in [7, 11) is 2.05. The molecule has 2 N–H and O–H groups in total. The number of nitrogens with one attached hydrogen (secondary N) is 2. The minimum Gasteiger partial charge on any atom is -0.369 e. The number of anilines is 2. The van der Waals surface area contributed by atoms with E-state index in [2.05, 4.69) is 27.5 Å². The number of rotatable bonds is 5. The highest BCUT2D eigenvalue weighted by atomic mass is 19.1. The first-order valence-corrected chi connectivity index (χ1v) is 9.85. The molecule has 0 saturated carbocycles. The van der Waals surface area contributed by atoms with E-state index >= 15 is 0 Å². The zero-order valence-corrected chi connectivity index (χ0v) is 17.3. The molecule has 160 valence electrons. The van der Waals surface area contributed by atoms with Crippen molar-refractivity contribution in [2.45, 2.75) is 19.9 Å². The molecule has 2 amide bonds. The van der Waals surface area contributed by atoms with Crippen molar-refractivity contribution in [1.82, 2.24) is 10.2 Å². The molecule has 1 atom stereocenters. The molecule has 0 aliphatic carbocycles. The van der Waals surface area contributed by atoms with E-state index in [1.54, 1.807) is 13.0 Å². The van der Waals surface area contributed by atoms with Crippen LogP contribution in [-0.4, -0.2) is 49.9 Å². The predicted molar refractivity (Wildman–Crippen MR) is 113 cm³/mol. The fourth-order valence-corrected chi connectivity index (χ4v) is 3.54. The molecule has 2 aromatic carbocycles. The highest BCUT2D eigenvalue weighted by Gasteiger charge is 2.22. The summed E-state index contributed by atoms with van der Waals surface area (Å²) in [5.41, 5.74) is 1.62. The summed E-state index contributed by atoms with van der Waals surface area (Å²) in [5, 5.41) is 5.28. The van der Waals surface area contributed by atoms with Gasteiger partial charge < -0.3 is 20.4 Å². The first-order chi connectivity index (χ1) is 14.2. The van der Waals surface area contributed by atoms with E-state index in [4.69, 9.17) is 0 Å². The molecule has 1 saturated heterocycles. The maximum atomic E-state index is 14.2. The van der Waals surface area contributed by atoms with Crippen molar-refractivity contribution >= 4 is 23.2 Å². The molecular formula is C22H26F2N4O2. The topological polar surface area (TPSA) is 64.7 Å². The number of hydrogen-bond acceptors (Lipinski definition) is 4. The van der Waals surface area contributed by atoms with Crippen molar-refractivity contribution in [3.05, 3.63) is 59.2 Å². The van der Waals surface area contributed by atoms with Gasteiger partial charge in [-0.25, -0.2) is 8.78 Å². The SMILES string of the molecule is CC(=O)Nc1ccc(F)c(C(=O)NC(C)c2cc(F)ccc2N2CCN(C)CC2)c1. The smallest absolute Gasteiger partial charge is 0.254 e. The van der Waals surface area contributed by atoms with Crippen LogP contribution in [0.4, 0.5) is 20.2 Å². The average Bonchev–Trinajstić information content (AvgIpc) is 2.69. The minimum atomic E-state index is -0.702. The van der Waals surface area contributed by atoms with Gasteiger partial charge in [-0.3, -0.25) is 9.59 Å². The maximum Gasteiger partial charge on any atom is 0.254 e. The third-order valence-electron chi connectivity index (χ3n) is 5.18. The third kappa shape index (κ3) is 5.13. The van der Waals surface area contributed by atoms with Crippen LogP contribution in [0.3, 0.4) is 0 Å². The Hall–Kier alpha value is -3.00. The number of halogens is 2. The van der Waals surface area contributed by atoms with Gasteiger partial charge in [-0.2, -0.15) is 0 Å². The first-order valence-electron chi connectivity index (χ1n) is 9.85. The lowest BCUT2D eigenvalue weighted by Gasteiger charge is -2.36. The Morgan fingerprint density at radius 1 is 1.03 bits per heavy atom. The molecule has 30 heavy (non-hydrogen) atoms. The van der Waals surface area contributed by atoms with Gasteiger partial charge in [0.05, 0.1) is 11.6 Å². The molecule has 1 heterocycles. The molecule has 1 unspecified atom stereocenters. The van der Waals surface area contributed by atoms with Gasteiger partial charge in [-0.1, -0.05) is 0 Å². The lowest BCUT2D eigenvalue weighted by atomic mass is 10.0. The van der Waals surface area contributed by atoms with Crippen molar-refractivity contribution < 1.29 is 18.4 Å². The van der Waals surface area contributed by atoms with E-state index in [0.29, 0.717) is 11.3 Å². The lowest BCUT2D eigenvalue weighted by Crippen LogP contribution is -2.45. The largest absolute Gasteiger partial charge is 0.369 e. The lowest BCUT2D eigenvalue weighted by molar-refractivity contribution is -0.114. The molecule has 1 aliphatic heterocycles. The van der Waals surface area contributed by atoms with Crippen LogP contribution >= 0.6 is 0 Å². The molecule has 0 aromatic heterocycles. The standard InChI is InChI=1S/C22H26F2N4O2/c1-14(25-22(30)19-13-17(26-15(2)29)5-6-20(19)24)18-12-16(23)4-7-21(18)28-10-8-27(3)9-11-28/h4-7,12-14H,8-11H2,1-3H3,(H,25,30)(H,26,29). The second kappa shape index (κ2) is 9.21. The fourth-order valence-electron chi connectivity index (χ4n) is 3.54. The van der Waals surface area contributed by atoms with Crippen LogP contribution in [0.2, 0.25) is 0 Å². The fraction of sp³-hybridized carbons (Fsp3) is 0.364. The summed E-state index contributed by atoms with van der Waals surface area (Å²) >= 11 is 0. The molecular weight excluding hydrogens is 390 g/mol. The molecule has 8 heteroatoms. The summed E-state index contributed by atoms with van der Waals surface area (Å²) in [5.74, 6) is -2.06. The Balaban J connectivity index is 1.82. The summed E-state index contributed by atoms with van der Waals surface area (Å²) in [6, 6.07) is 7.78. The molecule has 3 rings (SSSR count). The van der Waals surface area contributed by atoms with Gasteiger partial charge in [-0.15, -0.1) is 0 Å². The third-order valence-corrected chi connectivity index (χ3v) is 5.18. The first kappa shape index (κ1) is 21.7. The Morgan fingerprint density at radius 3 is 2.40 bits per heavy atom. The van der Waals surface area contributed by atoms with Crippen LogP contribution in [0.15, 0.2) is 36.4 Å². The van der Waals surface area contributed by atoms with Crippen molar-refractivity contribution in [3.63, 3.8) is 0 Å². The van der Waals surface area contributed by atoms with Gasteiger partial charge in [0.25, 0.3) is 5.91 Å². The molecule has 0 radical (unpaired) electrons. The summed E-state index contributed by atoms with van der Waals surface area (Å²) in [4.78, 5) is 28.3.